The zero-order valence-corrected chi connectivity index (χ0v) is 21.2. The summed E-state index contributed by atoms with van der Waals surface area (Å²) in [6, 6.07) is 19.1. The van der Waals surface area contributed by atoms with E-state index in [1.807, 2.05) is 37.3 Å². The second-order valence-corrected chi connectivity index (χ2v) is 9.70. The quantitative estimate of drug-likeness (QED) is 0.405. The van der Waals surface area contributed by atoms with E-state index >= 15 is 0 Å². The number of phenolic OH excluding ortho intramolecular Hbond substituents is 1. The first-order chi connectivity index (χ1) is 16.4. The summed E-state index contributed by atoms with van der Waals surface area (Å²) in [5, 5.41) is 12.0. The van der Waals surface area contributed by atoms with E-state index in [-0.39, 0.29) is 17.4 Å². The lowest BCUT2D eigenvalue weighted by Crippen LogP contribution is -2.37. The summed E-state index contributed by atoms with van der Waals surface area (Å²) >= 11 is 6.77. The van der Waals surface area contributed by atoms with Gasteiger partial charge < -0.3 is 9.84 Å². The fourth-order valence-electron chi connectivity index (χ4n) is 4.43. The van der Waals surface area contributed by atoms with Crippen molar-refractivity contribution in [3.05, 3.63) is 81.2 Å². The van der Waals surface area contributed by atoms with Crippen molar-refractivity contribution in [2.24, 2.45) is 5.92 Å². The molecule has 2 aliphatic rings. The van der Waals surface area contributed by atoms with Crippen LogP contribution in [-0.2, 0) is 14.4 Å². The highest BCUT2D eigenvalue weighted by molar-refractivity contribution is 9.10. The summed E-state index contributed by atoms with van der Waals surface area (Å²) in [6.07, 6.45) is -0.982. The van der Waals surface area contributed by atoms with E-state index in [9.17, 15) is 14.7 Å². The average molecular weight is 588 g/mol. The van der Waals surface area contributed by atoms with Crippen LogP contribution in [0.4, 0.5) is 11.4 Å². The molecule has 0 spiro atoms. The number of fused-ring (bicyclic) bond motifs is 1. The molecule has 174 valence electrons. The number of nitrogens with zero attached hydrogens (tertiary/aromatic N) is 2. The van der Waals surface area contributed by atoms with Gasteiger partial charge in [-0.1, -0.05) is 34.1 Å². The van der Waals surface area contributed by atoms with E-state index in [0.717, 1.165) is 4.47 Å². The van der Waals surface area contributed by atoms with Gasteiger partial charge in [0.1, 0.15) is 5.92 Å². The topological polar surface area (TPSA) is 79.3 Å². The van der Waals surface area contributed by atoms with Gasteiger partial charge in [-0.25, -0.2) is 9.96 Å². The molecule has 0 aromatic heterocycles. The maximum absolute atomic E-state index is 13.7. The molecule has 34 heavy (non-hydrogen) atoms. The van der Waals surface area contributed by atoms with Crippen LogP contribution in [0.5, 0.6) is 11.5 Å². The summed E-state index contributed by atoms with van der Waals surface area (Å²) in [5.41, 5.74) is 1.87. The number of carbonyl (C=O) groups excluding carboxylic acids is 2. The van der Waals surface area contributed by atoms with Crippen molar-refractivity contribution in [3.63, 3.8) is 0 Å². The Morgan fingerprint density at radius 1 is 0.971 bits per heavy atom. The highest BCUT2D eigenvalue weighted by Gasteiger charge is 2.60. The Labute approximate surface area is 213 Å². The van der Waals surface area contributed by atoms with E-state index in [0.29, 0.717) is 28.0 Å². The third-order valence-corrected chi connectivity index (χ3v) is 7.04. The minimum absolute atomic E-state index is 0.0300. The number of hydrogen-bond donors (Lipinski definition) is 1. The fourth-order valence-corrected chi connectivity index (χ4v) is 5.15. The van der Waals surface area contributed by atoms with Gasteiger partial charge in [-0.2, -0.15) is 0 Å². The number of hydrogen-bond acceptors (Lipinski definition) is 6. The number of carbonyl (C=O) groups is 2. The molecule has 2 heterocycles. The van der Waals surface area contributed by atoms with Crippen molar-refractivity contribution < 1.29 is 24.3 Å². The second-order valence-electron chi connectivity index (χ2n) is 7.93. The molecule has 2 fully saturated rings. The molecule has 0 aliphatic carbocycles. The summed E-state index contributed by atoms with van der Waals surface area (Å²) in [7, 11) is 0. The number of halogens is 2. The maximum Gasteiger partial charge on any atom is 0.266 e. The van der Waals surface area contributed by atoms with Crippen LogP contribution in [0.15, 0.2) is 75.7 Å². The predicted molar refractivity (Wildman–Crippen MR) is 134 cm³/mol. The molecule has 3 aromatic rings. The van der Waals surface area contributed by atoms with Crippen molar-refractivity contribution in [2.45, 2.75) is 19.1 Å². The zero-order chi connectivity index (χ0) is 24.0. The first-order valence-corrected chi connectivity index (χ1v) is 12.3. The Balaban J connectivity index is 1.62. The van der Waals surface area contributed by atoms with Crippen molar-refractivity contribution in [1.29, 1.82) is 0 Å². The maximum atomic E-state index is 13.7. The van der Waals surface area contributed by atoms with Crippen LogP contribution in [0.3, 0.4) is 0 Å². The Morgan fingerprint density at radius 2 is 1.68 bits per heavy atom. The third-order valence-electron chi connectivity index (χ3n) is 5.90. The van der Waals surface area contributed by atoms with Crippen molar-refractivity contribution in [2.75, 3.05) is 16.6 Å². The van der Waals surface area contributed by atoms with Gasteiger partial charge in [-0.15, -0.1) is 0 Å². The van der Waals surface area contributed by atoms with E-state index < -0.39 is 24.0 Å². The minimum Gasteiger partial charge on any atom is -0.503 e. The van der Waals surface area contributed by atoms with E-state index in [1.165, 1.54) is 4.90 Å². The molecule has 0 saturated carbocycles. The molecular weight excluding hydrogens is 568 g/mol. The molecule has 5 rings (SSSR count). The van der Waals surface area contributed by atoms with Crippen molar-refractivity contribution >= 4 is 55.0 Å². The molecule has 3 aromatic carbocycles. The number of imide groups is 1. The summed E-state index contributed by atoms with van der Waals surface area (Å²) in [4.78, 5) is 34.4. The van der Waals surface area contributed by atoms with Gasteiger partial charge in [0.15, 0.2) is 17.6 Å². The Bertz CT molecular complexity index is 1250. The SMILES string of the molecule is CCOc1cc([C@@H]2[C@H]3C(=O)N(c4ccc(Br)cc4)C(=O)[C@@H]3ON2c2ccccc2)cc(Br)c1O. The number of aromatic hydroxyl groups is 1. The molecule has 0 radical (unpaired) electrons. The second kappa shape index (κ2) is 9.05. The summed E-state index contributed by atoms with van der Waals surface area (Å²) in [5.74, 6) is -1.30. The van der Waals surface area contributed by atoms with E-state index in [4.69, 9.17) is 9.57 Å². The molecule has 1 N–H and O–H groups in total. The molecule has 9 heteroatoms. The van der Waals surface area contributed by atoms with Crippen LogP contribution in [0.1, 0.15) is 18.5 Å². The lowest BCUT2D eigenvalue weighted by molar-refractivity contribution is -0.126. The van der Waals surface area contributed by atoms with Crippen LogP contribution in [-0.4, -0.2) is 29.6 Å². The average Bonchev–Trinajstić information content (AvgIpc) is 3.34. The Kier molecular flexibility index (Phi) is 6.09. The first-order valence-electron chi connectivity index (χ1n) is 10.7. The number of anilines is 2. The number of phenols is 1. The molecule has 2 saturated heterocycles. The number of hydroxylamine groups is 1. The summed E-state index contributed by atoms with van der Waals surface area (Å²) < 4.78 is 6.88. The molecule has 0 unspecified atom stereocenters. The van der Waals surface area contributed by atoms with Crippen LogP contribution in [0.25, 0.3) is 0 Å². The highest BCUT2D eigenvalue weighted by atomic mass is 79.9. The smallest absolute Gasteiger partial charge is 0.266 e. The van der Waals surface area contributed by atoms with Crippen LogP contribution in [0, 0.1) is 5.92 Å². The lowest BCUT2D eigenvalue weighted by Gasteiger charge is -2.29. The molecular formula is C25H20Br2N2O5. The van der Waals surface area contributed by atoms with Gasteiger partial charge in [0.25, 0.3) is 5.91 Å². The molecule has 2 aliphatic heterocycles. The minimum atomic E-state index is -0.982. The highest BCUT2D eigenvalue weighted by Crippen LogP contribution is 2.49. The van der Waals surface area contributed by atoms with Gasteiger partial charge in [0, 0.05) is 4.47 Å². The Hall–Kier alpha value is -2.88. The molecule has 0 bridgehead atoms. The van der Waals surface area contributed by atoms with Crippen LogP contribution >= 0.6 is 31.9 Å². The van der Waals surface area contributed by atoms with Crippen molar-refractivity contribution in [1.82, 2.24) is 0 Å². The lowest BCUT2D eigenvalue weighted by atomic mass is 9.90. The largest absolute Gasteiger partial charge is 0.503 e. The number of ether oxygens (including phenoxy) is 1. The summed E-state index contributed by atoms with van der Waals surface area (Å²) in [6.45, 7) is 2.17. The Morgan fingerprint density at radius 3 is 2.35 bits per heavy atom. The number of benzene rings is 3. The number of rotatable bonds is 5. The van der Waals surface area contributed by atoms with Gasteiger partial charge in [0.2, 0.25) is 5.91 Å². The first kappa shape index (κ1) is 22.9. The van der Waals surface area contributed by atoms with Crippen LogP contribution in [0.2, 0.25) is 0 Å². The number of amides is 2. The zero-order valence-electron chi connectivity index (χ0n) is 18.0. The molecule has 2 amide bonds. The van der Waals surface area contributed by atoms with Gasteiger partial charge in [0.05, 0.1) is 28.5 Å². The van der Waals surface area contributed by atoms with Gasteiger partial charge in [-0.3, -0.25) is 14.4 Å². The molecule has 7 nitrogen and oxygen atoms in total. The fraction of sp³-hybridized carbons (Fsp3) is 0.200. The van der Waals surface area contributed by atoms with E-state index in [1.54, 1.807) is 41.5 Å². The third kappa shape index (κ3) is 3.77. The number of para-hydroxylation sites is 1. The van der Waals surface area contributed by atoms with Gasteiger partial charge in [-0.05, 0) is 76.9 Å². The standard InChI is InChI=1S/C25H20Br2N2O5/c1-2-33-19-13-14(12-18(27)22(19)30)21-20-23(34-29(21)17-6-4-3-5-7-17)25(32)28(24(20)31)16-10-8-15(26)9-11-16/h3-13,20-21,23,30H,2H2,1H3/t20-,21-,23-/m1/s1. The van der Waals surface area contributed by atoms with E-state index in [2.05, 4.69) is 31.9 Å². The van der Waals surface area contributed by atoms with Crippen LogP contribution < -0.4 is 14.7 Å². The van der Waals surface area contributed by atoms with Gasteiger partial charge >= 0.3 is 0 Å². The normalized spacial score (nSPS) is 21.8. The molecule has 3 atom stereocenters. The predicted octanol–water partition coefficient (Wildman–Crippen LogP) is 5.37. The van der Waals surface area contributed by atoms with Crippen molar-refractivity contribution in [3.8, 4) is 11.5 Å². The monoisotopic (exact) mass is 586 g/mol.